The Morgan fingerprint density at radius 2 is 1.10 bits per heavy atom. The monoisotopic (exact) mass is 411 g/mol. The molecular weight excluding hydrogens is 370 g/mol. The quantitative estimate of drug-likeness (QED) is 0.220. The van der Waals surface area contributed by atoms with Crippen molar-refractivity contribution in [2.75, 3.05) is 13.2 Å². The molecule has 0 saturated carbocycles. The molecule has 0 bridgehead atoms. The van der Waals surface area contributed by atoms with Gasteiger partial charge in [-0.15, -0.1) is 23.7 Å². The highest BCUT2D eigenvalue weighted by molar-refractivity contribution is 5.10. The van der Waals surface area contributed by atoms with E-state index in [9.17, 15) is 0 Å². The molecule has 0 saturated heterocycles. The number of nitrogens with zero attached hydrogens (tertiary/aromatic N) is 1. The van der Waals surface area contributed by atoms with Gasteiger partial charge in [0.15, 0.2) is 0 Å². The Balaban J connectivity index is 2.01. The molecule has 3 heteroatoms. The lowest BCUT2D eigenvalue weighted by Gasteiger charge is -2.07. The average molecular weight is 412 g/mol. The van der Waals surface area contributed by atoms with E-state index in [0.717, 1.165) is 63.1 Å². The van der Waals surface area contributed by atoms with Crippen molar-refractivity contribution in [2.24, 2.45) is 0 Å². The van der Waals surface area contributed by atoms with Crippen molar-refractivity contribution in [3.8, 4) is 23.7 Å². The second kappa shape index (κ2) is 20.5. The van der Waals surface area contributed by atoms with E-state index in [0.29, 0.717) is 13.2 Å². The van der Waals surface area contributed by atoms with Crippen LogP contribution in [0.4, 0.5) is 0 Å². The predicted molar refractivity (Wildman–Crippen MR) is 126 cm³/mol. The van der Waals surface area contributed by atoms with Crippen molar-refractivity contribution in [2.45, 2.75) is 104 Å². The van der Waals surface area contributed by atoms with Gasteiger partial charge < -0.3 is 9.47 Å². The fourth-order valence-corrected chi connectivity index (χ4v) is 3.01. The van der Waals surface area contributed by atoms with E-state index in [1.54, 1.807) is 0 Å². The number of unbranched alkanes of at least 4 members (excludes halogenated alkanes) is 8. The molecule has 3 nitrogen and oxygen atoms in total. The highest BCUT2D eigenvalue weighted by Crippen LogP contribution is 2.07. The van der Waals surface area contributed by atoms with Gasteiger partial charge in [-0.25, -0.2) is 0 Å². The molecule has 0 aliphatic heterocycles. The van der Waals surface area contributed by atoms with Crippen LogP contribution in [0.2, 0.25) is 0 Å². The van der Waals surface area contributed by atoms with Gasteiger partial charge in [0.05, 0.1) is 24.6 Å². The van der Waals surface area contributed by atoms with Gasteiger partial charge in [-0.1, -0.05) is 45.6 Å². The Morgan fingerprint density at radius 3 is 1.57 bits per heavy atom. The summed E-state index contributed by atoms with van der Waals surface area (Å²) in [6, 6.07) is 6.09. The summed E-state index contributed by atoms with van der Waals surface area (Å²) >= 11 is 0. The first kappa shape index (κ1) is 26.2. The lowest BCUT2D eigenvalue weighted by molar-refractivity contribution is 0.108. The third-order valence-corrected chi connectivity index (χ3v) is 4.65. The smallest absolute Gasteiger partial charge is 0.0887 e. The molecule has 1 rings (SSSR count). The van der Waals surface area contributed by atoms with Gasteiger partial charge in [0, 0.05) is 38.9 Å². The van der Waals surface area contributed by atoms with Crippen molar-refractivity contribution < 1.29 is 9.47 Å². The first-order chi connectivity index (χ1) is 14.9. The molecule has 0 N–H and O–H groups in total. The fourth-order valence-electron chi connectivity index (χ4n) is 3.01. The summed E-state index contributed by atoms with van der Waals surface area (Å²) in [5.74, 6) is 12.6. The lowest BCUT2D eigenvalue weighted by atomic mass is 10.1. The van der Waals surface area contributed by atoms with Crippen LogP contribution in [0.15, 0.2) is 18.2 Å². The Morgan fingerprint density at radius 1 is 0.633 bits per heavy atom. The molecule has 1 heterocycles. The van der Waals surface area contributed by atoms with Crippen LogP contribution in [-0.2, 0) is 22.7 Å². The van der Waals surface area contributed by atoms with Crippen LogP contribution in [0.25, 0.3) is 0 Å². The first-order valence-corrected chi connectivity index (χ1v) is 11.9. The van der Waals surface area contributed by atoms with E-state index in [2.05, 4.69) is 42.5 Å². The summed E-state index contributed by atoms with van der Waals surface area (Å²) in [6.07, 6.45) is 13.5. The first-order valence-electron chi connectivity index (χ1n) is 11.9. The maximum atomic E-state index is 5.78. The van der Waals surface area contributed by atoms with Crippen LogP contribution in [-0.4, -0.2) is 18.2 Å². The van der Waals surface area contributed by atoms with E-state index in [1.807, 2.05) is 18.2 Å². The fraction of sp³-hybridized carbons (Fsp3) is 0.667. The van der Waals surface area contributed by atoms with E-state index >= 15 is 0 Å². The zero-order valence-corrected chi connectivity index (χ0v) is 19.3. The van der Waals surface area contributed by atoms with Crippen LogP contribution < -0.4 is 0 Å². The van der Waals surface area contributed by atoms with Crippen LogP contribution >= 0.6 is 0 Å². The number of aromatic nitrogens is 1. The molecule has 0 fully saturated rings. The second-order valence-corrected chi connectivity index (χ2v) is 7.47. The van der Waals surface area contributed by atoms with Crippen LogP contribution in [0, 0.1) is 23.7 Å². The van der Waals surface area contributed by atoms with Gasteiger partial charge in [-0.2, -0.15) is 0 Å². The Bertz CT molecular complexity index is 595. The highest BCUT2D eigenvalue weighted by atomic mass is 16.5. The van der Waals surface area contributed by atoms with Gasteiger partial charge in [0.2, 0.25) is 0 Å². The minimum absolute atomic E-state index is 0.580. The maximum absolute atomic E-state index is 5.78. The third kappa shape index (κ3) is 16.0. The number of hydrogen-bond donors (Lipinski definition) is 0. The normalized spacial score (nSPS) is 10.2. The molecule has 30 heavy (non-hydrogen) atoms. The van der Waals surface area contributed by atoms with E-state index in [4.69, 9.17) is 9.47 Å². The molecule has 0 spiro atoms. The zero-order valence-electron chi connectivity index (χ0n) is 19.3. The summed E-state index contributed by atoms with van der Waals surface area (Å²) in [7, 11) is 0. The van der Waals surface area contributed by atoms with Crippen molar-refractivity contribution in [3.05, 3.63) is 29.6 Å². The summed E-state index contributed by atoms with van der Waals surface area (Å²) in [6.45, 7) is 6.95. The molecule has 0 radical (unpaired) electrons. The van der Waals surface area contributed by atoms with E-state index in [1.165, 1.54) is 38.5 Å². The number of hydrogen-bond acceptors (Lipinski definition) is 3. The standard InChI is InChI=1S/C27H41NO2/c1-3-5-7-9-11-13-15-17-22-29-24-26-20-19-21-27(28-26)25-30-23-18-16-14-12-10-8-6-4-2/h19-21H,3-4,9-18,22-25H2,1-2H3. The zero-order chi connectivity index (χ0) is 21.5. The summed E-state index contributed by atoms with van der Waals surface area (Å²) in [5, 5.41) is 0. The van der Waals surface area contributed by atoms with Crippen molar-refractivity contribution in [1.29, 1.82) is 0 Å². The van der Waals surface area contributed by atoms with E-state index in [-0.39, 0.29) is 0 Å². The van der Waals surface area contributed by atoms with Crippen molar-refractivity contribution in [1.82, 2.24) is 4.98 Å². The maximum Gasteiger partial charge on any atom is 0.0887 e. The SMILES string of the molecule is CCC#CCCCCCCOCc1cccc(COCCCCCCC#CCC)n1. The third-order valence-electron chi connectivity index (χ3n) is 4.65. The van der Waals surface area contributed by atoms with Crippen molar-refractivity contribution in [3.63, 3.8) is 0 Å². The lowest BCUT2D eigenvalue weighted by Crippen LogP contribution is -2.02. The van der Waals surface area contributed by atoms with Crippen LogP contribution in [0.5, 0.6) is 0 Å². The number of ether oxygens (including phenoxy) is 2. The Kier molecular flexibility index (Phi) is 17.9. The molecule has 0 aromatic carbocycles. The number of rotatable bonds is 16. The van der Waals surface area contributed by atoms with Gasteiger partial charge >= 0.3 is 0 Å². The molecule has 0 aliphatic carbocycles. The Hall–Kier alpha value is -1.81. The molecular formula is C27H41NO2. The average Bonchev–Trinajstić information content (AvgIpc) is 2.76. The summed E-state index contributed by atoms with van der Waals surface area (Å²) in [5.41, 5.74) is 1.97. The molecule has 0 unspecified atom stereocenters. The molecule has 1 aromatic rings. The topological polar surface area (TPSA) is 31.4 Å². The second-order valence-electron chi connectivity index (χ2n) is 7.47. The Labute approximate surface area is 185 Å². The molecule has 166 valence electrons. The van der Waals surface area contributed by atoms with Crippen LogP contribution in [0.1, 0.15) is 102 Å². The molecule has 0 atom stereocenters. The minimum Gasteiger partial charge on any atom is -0.375 e. The molecule has 0 amide bonds. The van der Waals surface area contributed by atoms with Crippen molar-refractivity contribution >= 4 is 0 Å². The highest BCUT2D eigenvalue weighted by Gasteiger charge is 2.00. The van der Waals surface area contributed by atoms with Gasteiger partial charge in [0.25, 0.3) is 0 Å². The van der Waals surface area contributed by atoms with Crippen LogP contribution in [0.3, 0.4) is 0 Å². The molecule has 1 aromatic heterocycles. The van der Waals surface area contributed by atoms with Gasteiger partial charge in [-0.05, 0) is 37.8 Å². The summed E-state index contributed by atoms with van der Waals surface area (Å²) in [4.78, 5) is 4.64. The van der Waals surface area contributed by atoms with Gasteiger partial charge in [-0.3, -0.25) is 4.98 Å². The minimum atomic E-state index is 0.580. The largest absolute Gasteiger partial charge is 0.375 e. The van der Waals surface area contributed by atoms with Gasteiger partial charge in [0.1, 0.15) is 0 Å². The summed E-state index contributed by atoms with van der Waals surface area (Å²) < 4.78 is 11.6. The number of pyridine rings is 1. The van der Waals surface area contributed by atoms with E-state index < -0.39 is 0 Å². The predicted octanol–water partition coefficient (Wildman–Crippen LogP) is 6.84. The molecule has 0 aliphatic rings.